The monoisotopic (exact) mass is 435 g/mol. The van der Waals surface area contributed by atoms with Crippen LogP contribution in [0.5, 0.6) is 0 Å². The first-order valence-electron chi connectivity index (χ1n) is 11.3. The van der Waals surface area contributed by atoms with Gasteiger partial charge < -0.3 is 4.98 Å². The second-order valence-corrected chi connectivity index (χ2v) is 9.32. The molecule has 0 spiro atoms. The number of hydrogen-bond donors (Lipinski definition) is 1. The van der Waals surface area contributed by atoms with Crippen molar-refractivity contribution in [2.75, 3.05) is 5.75 Å². The van der Waals surface area contributed by atoms with E-state index in [9.17, 15) is 4.79 Å². The van der Waals surface area contributed by atoms with Crippen molar-refractivity contribution in [3.63, 3.8) is 0 Å². The molecular weight excluding hydrogens is 402 g/mol. The second-order valence-electron chi connectivity index (χ2n) is 8.23. The highest BCUT2D eigenvalue weighted by atomic mass is 32.2. The molecule has 2 heterocycles. The number of rotatable bonds is 12. The van der Waals surface area contributed by atoms with Gasteiger partial charge in [-0.15, -0.1) is 0 Å². The van der Waals surface area contributed by atoms with Crippen LogP contribution in [0.4, 0.5) is 0 Å². The highest BCUT2D eigenvalue weighted by molar-refractivity contribution is 7.99. The normalized spacial score (nSPS) is 11.0. The second kappa shape index (κ2) is 12.5. The van der Waals surface area contributed by atoms with Crippen molar-refractivity contribution >= 4 is 11.8 Å². The first-order valence-corrected chi connectivity index (χ1v) is 12.3. The molecule has 0 unspecified atom stereocenters. The summed E-state index contributed by atoms with van der Waals surface area (Å²) in [6, 6.07) is 12.9. The van der Waals surface area contributed by atoms with Crippen molar-refractivity contribution in [2.24, 2.45) is 0 Å². The number of aromatic amines is 1. The summed E-state index contributed by atoms with van der Waals surface area (Å²) in [5.41, 5.74) is 5.41. The topological polar surface area (TPSA) is 58.6 Å². The van der Waals surface area contributed by atoms with Crippen LogP contribution >= 0.6 is 11.8 Å². The van der Waals surface area contributed by atoms with E-state index in [4.69, 9.17) is 0 Å². The Bertz CT molecular complexity index is 981. The van der Waals surface area contributed by atoms with E-state index in [1.807, 2.05) is 25.3 Å². The van der Waals surface area contributed by atoms with Crippen LogP contribution in [-0.4, -0.2) is 20.7 Å². The van der Waals surface area contributed by atoms with Gasteiger partial charge in [0.2, 0.25) is 0 Å². The van der Waals surface area contributed by atoms with E-state index in [1.54, 1.807) is 18.0 Å². The Morgan fingerprint density at radius 1 is 0.806 bits per heavy atom. The Morgan fingerprint density at radius 3 is 2.23 bits per heavy atom. The molecule has 1 aromatic carbocycles. The largest absolute Gasteiger partial charge is 0.301 e. The number of pyridine rings is 1. The fourth-order valence-corrected chi connectivity index (χ4v) is 4.32. The van der Waals surface area contributed by atoms with E-state index in [0.717, 1.165) is 23.4 Å². The molecule has 0 atom stereocenters. The van der Waals surface area contributed by atoms with Crippen LogP contribution in [0.3, 0.4) is 0 Å². The Labute approximate surface area is 190 Å². The first kappa shape index (κ1) is 23.3. The minimum Gasteiger partial charge on any atom is -0.301 e. The molecule has 31 heavy (non-hydrogen) atoms. The molecule has 2 aromatic heterocycles. The van der Waals surface area contributed by atoms with Crippen LogP contribution in [0.25, 0.3) is 0 Å². The van der Waals surface area contributed by atoms with E-state index in [0.29, 0.717) is 17.1 Å². The van der Waals surface area contributed by atoms with E-state index in [1.165, 1.54) is 49.7 Å². The fraction of sp³-hybridized carbons (Fsp3) is 0.423. The molecule has 0 fully saturated rings. The number of hydrogen-bond acceptors (Lipinski definition) is 4. The minimum atomic E-state index is -0.0494. The maximum absolute atomic E-state index is 12.3. The van der Waals surface area contributed by atoms with E-state index >= 15 is 0 Å². The number of aryl methyl sites for hydroxylation is 3. The lowest BCUT2D eigenvalue weighted by Gasteiger charge is -2.05. The summed E-state index contributed by atoms with van der Waals surface area (Å²) in [5.74, 6) is 0.994. The lowest BCUT2D eigenvalue weighted by Crippen LogP contribution is -2.14. The van der Waals surface area contributed by atoms with Crippen LogP contribution in [0.2, 0.25) is 0 Å². The zero-order valence-electron chi connectivity index (χ0n) is 18.7. The quantitative estimate of drug-likeness (QED) is 0.214. The van der Waals surface area contributed by atoms with Gasteiger partial charge in [0.15, 0.2) is 5.16 Å². The molecule has 3 rings (SSSR count). The highest BCUT2D eigenvalue weighted by Gasteiger charge is 2.05. The van der Waals surface area contributed by atoms with Crippen molar-refractivity contribution in [3.05, 3.63) is 87.1 Å². The summed E-state index contributed by atoms with van der Waals surface area (Å²) in [6.07, 6.45) is 12.8. The van der Waals surface area contributed by atoms with Gasteiger partial charge in [-0.25, -0.2) is 4.98 Å². The maximum atomic E-state index is 12.3. The predicted octanol–water partition coefficient (Wildman–Crippen LogP) is 6.05. The lowest BCUT2D eigenvalue weighted by atomic mass is 10.0. The first-order chi connectivity index (χ1) is 15.1. The third-order valence-electron chi connectivity index (χ3n) is 5.44. The summed E-state index contributed by atoms with van der Waals surface area (Å²) >= 11 is 1.64. The van der Waals surface area contributed by atoms with Gasteiger partial charge in [0.25, 0.3) is 5.56 Å². The van der Waals surface area contributed by atoms with Gasteiger partial charge in [0.05, 0.1) is 0 Å². The molecule has 0 aliphatic rings. The van der Waals surface area contributed by atoms with E-state index in [-0.39, 0.29) is 5.56 Å². The number of thioether (sulfide) groups is 1. The van der Waals surface area contributed by atoms with Crippen molar-refractivity contribution in [2.45, 2.75) is 70.4 Å². The number of H-pyrrole nitrogens is 1. The number of aromatic nitrogens is 3. The van der Waals surface area contributed by atoms with E-state index < -0.39 is 0 Å². The minimum absolute atomic E-state index is 0.0494. The Hall–Kier alpha value is -2.40. The molecule has 0 radical (unpaired) electrons. The third kappa shape index (κ3) is 8.33. The number of nitrogens with one attached hydrogen (secondary N) is 1. The zero-order chi connectivity index (χ0) is 21.9. The average Bonchev–Trinajstić information content (AvgIpc) is 2.77. The van der Waals surface area contributed by atoms with Gasteiger partial charge >= 0.3 is 0 Å². The standard InChI is InChI=1S/C26H33N3OS/c1-20-10-13-22(14-11-20)9-7-5-3-4-6-8-16-31-26-28-19-24(25(30)29-26)17-23-15-12-21(2)27-18-23/h10-15,18-19H,3-9,16-17H2,1-2H3,(H,28,29,30). The molecule has 0 saturated carbocycles. The van der Waals surface area contributed by atoms with Crippen LogP contribution in [0.1, 0.15) is 66.5 Å². The van der Waals surface area contributed by atoms with Gasteiger partial charge in [0.1, 0.15) is 0 Å². The summed E-state index contributed by atoms with van der Waals surface area (Å²) in [4.78, 5) is 24.0. The Balaban J connectivity index is 1.27. The lowest BCUT2D eigenvalue weighted by molar-refractivity contribution is 0.609. The van der Waals surface area contributed by atoms with Crippen molar-refractivity contribution in [1.29, 1.82) is 0 Å². The van der Waals surface area contributed by atoms with Crippen molar-refractivity contribution in [1.82, 2.24) is 15.0 Å². The maximum Gasteiger partial charge on any atom is 0.255 e. The summed E-state index contributed by atoms with van der Waals surface area (Å²) in [7, 11) is 0. The average molecular weight is 436 g/mol. The molecule has 5 heteroatoms. The molecule has 1 N–H and O–H groups in total. The predicted molar refractivity (Wildman–Crippen MR) is 130 cm³/mol. The van der Waals surface area contributed by atoms with Crippen LogP contribution in [0, 0.1) is 13.8 Å². The van der Waals surface area contributed by atoms with Gasteiger partial charge in [0, 0.05) is 35.8 Å². The van der Waals surface area contributed by atoms with Gasteiger partial charge in [-0.1, -0.05) is 73.3 Å². The van der Waals surface area contributed by atoms with Gasteiger partial charge in [-0.05, 0) is 50.3 Å². The molecule has 0 aliphatic carbocycles. The van der Waals surface area contributed by atoms with Gasteiger partial charge in [-0.3, -0.25) is 9.78 Å². The fourth-order valence-electron chi connectivity index (χ4n) is 3.49. The number of unbranched alkanes of at least 4 members (excludes halogenated alkanes) is 5. The van der Waals surface area contributed by atoms with Crippen LogP contribution < -0.4 is 5.56 Å². The number of benzene rings is 1. The van der Waals surface area contributed by atoms with E-state index in [2.05, 4.69) is 46.1 Å². The molecule has 0 bridgehead atoms. The number of nitrogens with zero attached hydrogens (tertiary/aromatic N) is 2. The van der Waals surface area contributed by atoms with Crippen LogP contribution in [-0.2, 0) is 12.8 Å². The summed E-state index contributed by atoms with van der Waals surface area (Å²) < 4.78 is 0. The molecule has 3 aromatic rings. The van der Waals surface area contributed by atoms with Crippen LogP contribution in [0.15, 0.2) is 58.7 Å². The molecule has 4 nitrogen and oxygen atoms in total. The molecular formula is C26H33N3OS. The van der Waals surface area contributed by atoms with Crippen molar-refractivity contribution < 1.29 is 0 Å². The zero-order valence-corrected chi connectivity index (χ0v) is 19.5. The summed E-state index contributed by atoms with van der Waals surface area (Å²) in [5, 5.41) is 0.717. The van der Waals surface area contributed by atoms with Crippen molar-refractivity contribution in [3.8, 4) is 0 Å². The molecule has 0 saturated heterocycles. The third-order valence-corrected chi connectivity index (χ3v) is 6.41. The van der Waals surface area contributed by atoms with Gasteiger partial charge in [-0.2, -0.15) is 0 Å². The molecule has 0 aliphatic heterocycles. The Kier molecular flexibility index (Phi) is 9.35. The molecule has 164 valence electrons. The smallest absolute Gasteiger partial charge is 0.255 e. The Morgan fingerprint density at radius 2 is 1.52 bits per heavy atom. The summed E-state index contributed by atoms with van der Waals surface area (Å²) in [6.45, 7) is 4.09. The highest BCUT2D eigenvalue weighted by Crippen LogP contribution is 2.16. The SMILES string of the molecule is Cc1ccc(CCCCCCCCSc2ncc(Cc3ccc(C)nc3)c(=O)[nH]2)cc1. The molecule has 0 amide bonds.